The number of benzene rings is 2. The molecule has 0 amide bonds. The van der Waals surface area contributed by atoms with E-state index in [4.69, 9.17) is 4.74 Å². The maximum atomic E-state index is 12.2. The molecule has 0 unspecified atom stereocenters. The Hall–Kier alpha value is -3.61. The van der Waals surface area contributed by atoms with E-state index in [2.05, 4.69) is 68.4 Å². The highest BCUT2D eigenvalue weighted by Crippen LogP contribution is 2.29. The molecule has 6 heteroatoms. The summed E-state index contributed by atoms with van der Waals surface area (Å²) in [6, 6.07) is 14.9. The van der Waals surface area contributed by atoms with E-state index in [-0.39, 0.29) is 5.56 Å². The van der Waals surface area contributed by atoms with Crippen molar-refractivity contribution in [2.75, 3.05) is 32.8 Å². The van der Waals surface area contributed by atoms with Gasteiger partial charge in [-0.3, -0.25) is 9.69 Å². The first-order valence-corrected chi connectivity index (χ1v) is 11.5. The van der Waals surface area contributed by atoms with Crippen LogP contribution in [0.4, 0.5) is 0 Å². The van der Waals surface area contributed by atoms with Crippen LogP contribution >= 0.6 is 0 Å². The van der Waals surface area contributed by atoms with Crippen molar-refractivity contribution < 1.29 is 4.74 Å². The summed E-state index contributed by atoms with van der Waals surface area (Å²) in [6.45, 7) is 4.80. The van der Waals surface area contributed by atoms with E-state index in [1.54, 1.807) is 6.20 Å². The maximum absolute atomic E-state index is 12.2. The van der Waals surface area contributed by atoms with Crippen LogP contribution in [0.3, 0.4) is 0 Å². The third kappa shape index (κ3) is 3.88. The topological polar surface area (TPSA) is 76.9 Å². The lowest BCUT2D eigenvalue weighted by molar-refractivity contribution is 0.0384. The fourth-order valence-electron chi connectivity index (χ4n) is 4.77. The average Bonchev–Trinajstić information content (AvgIpc) is 3.42. The average molecular weight is 439 g/mol. The summed E-state index contributed by atoms with van der Waals surface area (Å²) in [4.78, 5) is 24.2. The number of hydrogen-bond acceptors (Lipinski definition) is 3. The molecule has 3 N–H and O–H groups in total. The molecule has 6 nitrogen and oxygen atoms in total. The van der Waals surface area contributed by atoms with E-state index in [1.807, 2.05) is 12.3 Å². The van der Waals surface area contributed by atoms with Crippen molar-refractivity contribution >= 4 is 44.7 Å². The van der Waals surface area contributed by atoms with E-state index in [9.17, 15) is 4.79 Å². The Bertz CT molecular complexity index is 1530. The number of nitrogens with one attached hydrogen (secondary N) is 3. The smallest absolute Gasteiger partial charge is 0.258 e. The minimum atomic E-state index is -0.0493. The second-order valence-corrected chi connectivity index (χ2v) is 8.69. The molecule has 1 aliphatic heterocycles. The number of ether oxygens (including phenoxy) is 1. The minimum Gasteiger partial charge on any atom is -0.379 e. The molecule has 5 aromatic rings. The molecule has 0 saturated carbocycles. The van der Waals surface area contributed by atoms with Crippen LogP contribution in [0.1, 0.15) is 16.8 Å². The Labute approximate surface area is 190 Å². The Morgan fingerprint density at radius 3 is 2.79 bits per heavy atom. The molecule has 4 heterocycles. The van der Waals surface area contributed by atoms with E-state index in [0.717, 1.165) is 77.5 Å². The Morgan fingerprint density at radius 1 is 0.970 bits per heavy atom. The van der Waals surface area contributed by atoms with Crippen molar-refractivity contribution in [3.05, 3.63) is 82.0 Å². The normalized spacial score (nSPS) is 15.4. The van der Waals surface area contributed by atoms with Crippen molar-refractivity contribution in [3.8, 4) is 0 Å². The molecule has 0 bridgehead atoms. The van der Waals surface area contributed by atoms with E-state index >= 15 is 0 Å². The number of aromatic nitrogens is 3. The van der Waals surface area contributed by atoms with E-state index in [0.29, 0.717) is 0 Å². The lowest BCUT2D eigenvalue weighted by Crippen LogP contribution is -2.37. The van der Waals surface area contributed by atoms with Crippen LogP contribution in [0.2, 0.25) is 0 Å². The first kappa shape index (κ1) is 20.0. The van der Waals surface area contributed by atoms with Crippen LogP contribution in [0.5, 0.6) is 0 Å². The number of H-pyrrole nitrogens is 3. The van der Waals surface area contributed by atoms with Gasteiger partial charge in [0, 0.05) is 48.5 Å². The number of aromatic amines is 3. The molecular weight excluding hydrogens is 412 g/mol. The first-order valence-electron chi connectivity index (χ1n) is 11.5. The molecule has 0 radical (unpaired) electrons. The molecule has 3 aromatic heterocycles. The number of rotatable bonds is 5. The molecule has 1 saturated heterocycles. The molecule has 166 valence electrons. The van der Waals surface area contributed by atoms with E-state index in [1.165, 1.54) is 11.1 Å². The Balaban J connectivity index is 1.26. The van der Waals surface area contributed by atoms with Gasteiger partial charge >= 0.3 is 0 Å². The number of hydrogen-bond donors (Lipinski definition) is 3. The van der Waals surface area contributed by atoms with Gasteiger partial charge in [-0.15, -0.1) is 0 Å². The second-order valence-electron chi connectivity index (χ2n) is 8.69. The van der Waals surface area contributed by atoms with Crippen molar-refractivity contribution in [2.24, 2.45) is 0 Å². The van der Waals surface area contributed by atoms with Gasteiger partial charge in [0.25, 0.3) is 5.56 Å². The molecule has 0 aliphatic carbocycles. The highest BCUT2D eigenvalue weighted by molar-refractivity contribution is 6.16. The van der Waals surface area contributed by atoms with Crippen molar-refractivity contribution in [2.45, 2.75) is 6.42 Å². The van der Waals surface area contributed by atoms with Crippen LogP contribution < -0.4 is 5.56 Å². The molecule has 1 aliphatic rings. The maximum Gasteiger partial charge on any atom is 0.258 e. The third-order valence-electron chi connectivity index (χ3n) is 6.57. The van der Waals surface area contributed by atoms with Gasteiger partial charge in [-0.1, -0.05) is 42.5 Å². The van der Waals surface area contributed by atoms with E-state index < -0.39 is 0 Å². The van der Waals surface area contributed by atoms with Crippen molar-refractivity contribution in [1.29, 1.82) is 0 Å². The summed E-state index contributed by atoms with van der Waals surface area (Å²) in [5.41, 5.74) is 5.34. The second kappa shape index (κ2) is 8.39. The van der Waals surface area contributed by atoms with Gasteiger partial charge in [0.05, 0.1) is 29.6 Å². The molecule has 2 aromatic carbocycles. The largest absolute Gasteiger partial charge is 0.379 e. The van der Waals surface area contributed by atoms with Gasteiger partial charge < -0.3 is 19.7 Å². The van der Waals surface area contributed by atoms with Crippen LogP contribution in [0.15, 0.2) is 59.7 Å². The number of morpholine rings is 1. The predicted molar refractivity (Wildman–Crippen MR) is 135 cm³/mol. The van der Waals surface area contributed by atoms with Gasteiger partial charge in [-0.2, -0.15) is 0 Å². The standard InChI is InChI=1S/C27H26N4O2/c32-27-25-22-7-5-20-16-28-21(15-23(20)26(22)30-24(25)17-29-27)6-4-18-2-1-3-19(14-18)8-9-31-10-12-33-13-11-31/h1-7,14-17,28,30H,8-13H2,(H,29,32). The summed E-state index contributed by atoms with van der Waals surface area (Å²) in [5.74, 6) is 0. The van der Waals surface area contributed by atoms with Crippen LogP contribution in [0.25, 0.3) is 44.7 Å². The van der Waals surface area contributed by atoms with Gasteiger partial charge in [0.2, 0.25) is 0 Å². The molecular formula is C27H26N4O2. The van der Waals surface area contributed by atoms with Gasteiger partial charge in [-0.25, -0.2) is 0 Å². The number of pyridine rings is 1. The van der Waals surface area contributed by atoms with Gasteiger partial charge in [0.15, 0.2) is 0 Å². The molecule has 1 fully saturated rings. The highest BCUT2D eigenvalue weighted by atomic mass is 16.5. The lowest BCUT2D eigenvalue weighted by atomic mass is 10.1. The summed E-state index contributed by atoms with van der Waals surface area (Å²) in [5, 5.41) is 3.88. The molecule has 0 atom stereocenters. The van der Waals surface area contributed by atoms with Crippen molar-refractivity contribution in [1.82, 2.24) is 19.9 Å². The minimum absolute atomic E-state index is 0.0493. The third-order valence-corrected chi connectivity index (χ3v) is 6.57. The first-order chi connectivity index (χ1) is 16.2. The SMILES string of the molecule is O=c1[nH]cc2[nH]c3c4cc(C=Cc5cccc(CCN6CCOCC6)c5)[nH]cc4ccc3c12. The predicted octanol–water partition coefficient (Wildman–Crippen LogP) is 4.54. The summed E-state index contributed by atoms with van der Waals surface area (Å²) >= 11 is 0. The Morgan fingerprint density at radius 2 is 1.88 bits per heavy atom. The quantitative estimate of drug-likeness (QED) is 0.377. The Kier molecular flexibility index (Phi) is 5.09. The number of fused-ring (bicyclic) bond motifs is 5. The highest BCUT2D eigenvalue weighted by Gasteiger charge is 2.12. The molecule has 6 rings (SSSR count). The van der Waals surface area contributed by atoms with Crippen LogP contribution in [0, 0.1) is 0 Å². The van der Waals surface area contributed by atoms with Crippen LogP contribution in [-0.4, -0.2) is 52.7 Å². The molecule has 0 spiro atoms. The van der Waals surface area contributed by atoms with Crippen molar-refractivity contribution in [3.63, 3.8) is 0 Å². The van der Waals surface area contributed by atoms with Gasteiger partial charge in [0.1, 0.15) is 0 Å². The summed E-state index contributed by atoms with van der Waals surface area (Å²) < 4.78 is 5.44. The zero-order valence-electron chi connectivity index (χ0n) is 18.4. The monoisotopic (exact) mass is 438 g/mol. The summed E-state index contributed by atoms with van der Waals surface area (Å²) in [6.07, 6.45) is 9.05. The van der Waals surface area contributed by atoms with Gasteiger partial charge in [-0.05, 0) is 35.1 Å². The lowest BCUT2D eigenvalue weighted by Gasteiger charge is -2.26. The fraction of sp³-hybridized carbons (Fsp3) is 0.222. The zero-order valence-corrected chi connectivity index (χ0v) is 18.4. The van der Waals surface area contributed by atoms with Crippen LogP contribution in [-0.2, 0) is 11.2 Å². The number of nitrogens with zero attached hydrogens (tertiary/aromatic N) is 1. The molecule has 33 heavy (non-hydrogen) atoms. The fourth-order valence-corrected chi connectivity index (χ4v) is 4.77. The zero-order chi connectivity index (χ0) is 22.2. The summed E-state index contributed by atoms with van der Waals surface area (Å²) in [7, 11) is 0.